The molecule has 0 saturated carbocycles. The second-order valence-electron chi connectivity index (χ2n) is 15.8. The SMILES string of the molecule is c1ccc(-c2ccc3c(c2)c2cc(-c4cccc(-c5cccc(-c6nc(-c7ccccc7)c7c(n6)c6ccccc6n7-c6ccccc6)c5)c4)ccc2n3-c2ccccc2)cc1. The number of hydrogen-bond acceptors (Lipinski definition) is 2. The lowest BCUT2D eigenvalue weighted by atomic mass is 9.96. The van der Waals surface area contributed by atoms with Gasteiger partial charge in [0.1, 0.15) is 5.52 Å². The Morgan fingerprint density at radius 3 is 1.32 bits per heavy atom. The standard InChI is InChI=1S/C58H38N4/c1-5-17-39(18-6-1)44-31-33-53-50(37-44)51-38-45(32-34-54(51)61(53)47-25-9-3-10-26-47)42-22-15-21-41(35-42)43-23-16-24-46(36-43)58-59-55(40-19-7-2-8-20-40)57-56(60-58)49-29-13-14-30-52(49)62(57)48-27-11-4-12-28-48/h1-38H. The van der Waals surface area contributed by atoms with Crippen LogP contribution in [0, 0.1) is 0 Å². The topological polar surface area (TPSA) is 35.6 Å². The van der Waals surface area contributed by atoms with E-state index in [2.05, 4.69) is 240 Å². The molecule has 0 spiro atoms. The van der Waals surface area contributed by atoms with Crippen molar-refractivity contribution in [3.8, 4) is 67.4 Å². The minimum Gasteiger partial charge on any atom is -0.309 e. The number of aromatic nitrogens is 4. The summed E-state index contributed by atoms with van der Waals surface area (Å²) in [6.45, 7) is 0. The van der Waals surface area contributed by atoms with E-state index in [-0.39, 0.29) is 0 Å². The molecule has 0 saturated heterocycles. The largest absolute Gasteiger partial charge is 0.309 e. The molecule has 62 heavy (non-hydrogen) atoms. The number of fused-ring (bicyclic) bond motifs is 6. The molecule has 0 aliphatic rings. The zero-order valence-electron chi connectivity index (χ0n) is 33.7. The molecular formula is C58H38N4. The summed E-state index contributed by atoms with van der Waals surface area (Å²) in [6, 6.07) is 82.1. The molecule has 0 bridgehead atoms. The van der Waals surface area contributed by atoms with Gasteiger partial charge >= 0.3 is 0 Å². The molecule has 0 N–H and O–H groups in total. The Kier molecular flexibility index (Phi) is 8.46. The molecule has 0 amide bonds. The van der Waals surface area contributed by atoms with Gasteiger partial charge in [0, 0.05) is 38.7 Å². The molecule has 0 radical (unpaired) electrons. The van der Waals surface area contributed by atoms with Gasteiger partial charge in [-0.25, -0.2) is 9.97 Å². The molecule has 4 nitrogen and oxygen atoms in total. The van der Waals surface area contributed by atoms with Crippen LogP contribution >= 0.6 is 0 Å². The summed E-state index contributed by atoms with van der Waals surface area (Å²) in [7, 11) is 0. The van der Waals surface area contributed by atoms with Crippen molar-refractivity contribution in [2.24, 2.45) is 0 Å². The highest BCUT2D eigenvalue weighted by atomic mass is 15.0. The Morgan fingerprint density at radius 2 is 0.710 bits per heavy atom. The fourth-order valence-corrected chi connectivity index (χ4v) is 9.20. The lowest BCUT2D eigenvalue weighted by Gasteiger charge is -2.13. The van der Waals surface area contributed by atoms with E-state index in [0.29, 0.717) is 5.82 Å². The van der Waals surface area contributed by atoms with Crippen molar-refractivity contribution in [1.82, 2.24) is 19.1 Å². The van der Waals surface area contributed by atoms with Gasteiger partial charge in [-0.2, -0.15) is 0 Å². The Balaban J connectivity index is 0.985. The van der Waals surface area contributed by atoms with Gasteiger partial charge in [-0.1, -0.05) is 164 Å². The first-order valence-corrected chi connectivity index (χ1v) is 21.1. The molecule has 12 rings (SSSR count). The first kappa shape index (κ1) is 35.6. The van der Waals surface area contributed by atoms with Crippen LogP contribution in [0.4, 0.5) is 0 Å². The van der Waals surface area contributed by atoms with Gasteiger partial charge in [0.15, 0.2) is 5.82 Å². The molecule has 0 fully saturated rings. The van der Waals surface area contributed by atoms with E-state index >= 15 is 0 Å². The van der Waals surface area contributed by atoms with Gasteiger partial charge in [-0.05, 0) is 100 Å². The number of nitrogens with zero attached hydrogens (tertiary/aromatic N) is 4. The number of hydrogen-bond donors (Lipinski definition) is 0. The van der Waals surface area contributed by atoms with Crippen LogP contribution in [0.5, 0.6) is 0 Å². The summed E-state index contributed by atoms with van der Waals surface area (Å²) in [6.07, 6.45) is 0. The van der Waals surface area contributed by atoms with Crippen molar-refractivity contribution in [3.63, 3.8) is 0 Å². The van der Waals surface area contributed by atoms with Gasteiger partial charge in [0.05, 0.1) is 27.8 Å². The molecule has 3 aromatic heterocycles. The van der Waals surface area contributed by atoms with Crippen LogP contribution < -0.4 is 0 Å². The fourth-order valence-electron chi connectivity index (χ4n) is 9.20. The maximum Gasteiger partial charge on any atom is 0.160 e. The lowest BCUT2D eigenvalue weighted by molar-refractivity contribution is 1.15. The van der Waals surface area contributed by atoms with Crippen LogP contribution in [0.1, 0.15) is 0 Å². The summed E-state index contributed by atoms with van der Waals surface area (Å²) in [5.41, 5.74) is 17.5. The van der Waals surface area contributed by atoms with Crippen molar-refractivity contribution in [1.29, 1.82) is 0 Å². The second kappa shape index (κ2) is 14.7. The zero-order valence-corrected chi connectivity index (χ0v) is 33.7. The quantitative estimate of drug-likeness (QED) is 0.161. The van der Waals surface area contributed by atoms with Crippen LogP contribution in [-0.4, -0.2) is 19.1 Å². The highest BCUT2D eigenvalue weighted by Gasteiger charge is 2.21. The highest BCUT2D eigenvalue weighted by molar-refractivity contribution is 6.13. The Labute approximate surface area is 359 Å². The van der Waals surface area contributed by atoms with Gasteiger partial charge in [-0.3, -0.25) is 0 Å². The molecule has 0 atom stereocenters. The van der Waals surface area contributed by atoms with Crippen LogP contribution in [0.2, 0.25) is 0 Å². The van der Waals surface area contributed by atoms with E-state index < -0.39 is 0 Å². The summed E-state index contributed by atoms with van der Waals surface area (Å²) >= 11 is 0. The van der Waals surface area contributed by atoms with Gasteiger partial charge in [0.2, 0.25) is 0 Å². The van der Waals surface area contributed by atoms with Crippen molar-refractivity contribution < 1.29 is 0 Å². The van der Waals surface area contributed by atoms with E-state index in [4.69, 9.17) is 9.97 Å². The molecule has 9 aromatic carbocycles. The molecule has 3 heterocycles. The Bertz CT molecular complexity index is 3610. The van der Waals surface area contributed by atoms with Crippen molar-refractivity contribution in [2.75, 3.05) is 0 Å². The van der Waals surface area contributed by atoms with E-state index in [0.717, 1.165) is 66.8 Å². The van der Waals surface area contributed by atoms with Gasteiger partial charge in [0.25, 0.3) is 0 Å². The Morgan fingerprint density at radius 1 is 0.274 bits per heavy atom. The van der Waals surface area contributed by atoms with Crippen LogP contribution in [0.3, 0.4) is 0 Å². The molecule has 0 unspecified atom stereocenters. The summed E-state index contributed by atoms with van der Waals surface area (Å²) in [5, 5.41) is 3.55. The lowest BCUT2D eigenvalue weighted by Crippen LogP contribution is -1.99. The van der Waals surface area contributed by atoms with Gasteiger partial charge < -0.3 is 9.13 Å². The molecular weight excluding hydrogens is 753 g/mol. The smallest absolute Gasteiger partial charge is 0.160 e. The molecule has 0 aliphatic heterocycles. The summed E-state index contributed by atoms with van der Waals surface area (Å²) in [5.74, 6) is 0.695. The van der Waals surface area contributed by atoms with Crippen molar-refractivity contribution >= 4 is 43.7 Å². The predicted octanol–water partition coefficient (Wildman–Crippen LogP) is 15.0. The minimum atomic E-state index is 0.695. The third-order valence-electron chi connectivity index (χ3n) is 12.1. The first-order chi connectivity index (χ1) is 30.7. The molecule has 12 aromatic rings. The maximum atomic E-state index is 5.39. The number of rotatable bonds is 7. The van der Waals surface area contributed by atoms with Gasteiger partial charge in [-0.15, -0.1) is 0 Å². The normalized spacial score (nSPS) is 11.5. The molecule has 4 heteroatoms. The molecule has 0 aliphatic carbocycles. The molecule has 290 valence electrons. The van der Waals surface area contributed by atoms with Crippen LogP contribution in [0.15, 0.2) is 231 Å². The van der Waals surface area contributed by atoms with E-state index in [1.165, 1.54) is 38.5 Å². The van der Waals surface area contributed by atoms with E-state index in [1.807, 2.05) is 0 Å². The van der Waals surface area contributed by atoms with E-state index in [9.17, 15) is 0 Å². The summed E-state index contributed by atoms with van der Waals surface area (Å²) < 4.78 is 4.69. The minimum absolute atomic E-state index is 0.695. The second-order valence-corrected chi connectivity index (χ2v) is 15.8. The van der Waals surface area contributed by atoms with Crippen molar-refractivity contribution in [2.45, 2.75) is 0 Å². The third-order valence-corrected chi connectivity index (χ3v) is 12.1. The predicted molar refractivity (Wildman–Crippen MR) is 258 cm³/mol. The monoisotopic (exact) mass is 790 g/mol. The summed E-state index contributed by atoms with van der Waals surface area (Å²) in [4.78, 5) is 10.8. The van der Waals surface area contributed by atoms with Crippen LogP contribution in [0.25, 0.3) is 111 Å². The highest BCUT2D eigenvalue weighted by Crippen LogP contribution is 2.40. The first-order valence-electron chi connectivity index (χ1n) is 21.1. The maximum absolute atomic E-state index is 5.39. The zero-order chi connectivity index (χ0) is 41.0. The number of para-hydroxylation sites is 3. The van der Waals surface area contributed by atoms with Crippen LogP contribution in [-0.2, 0) is 0 Å². The van der Waals surface area contributed by atoms with Crippen molar-refractivity contribution in [3.05, 3.63) is 231 Å². The average molecular weight is 791 g/mol. The van der Waals surface area contributed by atoms with E-state index in [1.54, 1.807) is 0 Å². The third kappa shape index (κ3) is 6.00. The fraction of sp³-hybridized carbons (Fsp3) is 0. The Hall–Kier alpha value is -8.34. The number of benzene rings is 9. The average Bonchev–Trinajstić information content (AvgIpc) is 3.87.